The maximum Gasteiger partial charge on any atom is 0.286 e. The molecule has 0 N–H and O–H groups in total. The molecule has 0 spiro atoms. The van der Waals surface area contributed by atoms with Crippen molar-refractivity contribution in [3.05, 3.63) is 71.3 Å². The van der Waals surface area contributed by atoms with Gasteiger partial charge in [-0.3, -0.25) is 4.79 Å². The van der Waals surface area contributed by atoms with Crippen LogP contribution in [-0.2, 0) is 14.8 Å². The lowest BCUT2D eigenvalue weighted by Gasteiger charge is -2.30. The summed E-state index contributed by atoms with van der Waals surface area (Å²) in [4.78, 5) is 20.4. The molecule has 3 aromatic rings. The average Bonchev–Trinajstić information content (AvgIpc) is 3.57. The largest absolute Gasteiger partial charge is 0.351 e. The summed E-state index contributed by atoms with van der Waals surface area (Å²) < 4.78 is 30.5. The number of aliphatic imine (C=N–C) groups is 1. The molecule has 10 heteroatoms. The molecule has 0 radical (unpaired) electrons. The Kier molecular flexibility index (Phi) is 7.89. The van der Waals surface area contributed by atoms with E-state index < -0.39 is 10.0 Å². The molecule has 0 bridgehead atoms. The van der Waals surface area contributed by atoms with Gasteiger partial charge in [-0.1, -0.05) is 44.2 Å². The molecule has 1 atom stereocenters. The Morgan fingerprint density at radius 3 is 2.49 bits per heavy atom. The Hall–Kier alpha value is -3.21. The summed E-state index contributed by atoms with van der Waals surface area (Å²) in [6.07, 6.45) is 7.82. The van der Waals surface area contributed by atoms with Gasteiger partial charge in [0.05, 0.1) is 15.5 Å². The molecule has 0 saturated carbocycles. The third kappa shape index (κ3) is 5.91. The van der Waals surface area contributed by atoms with Crippen LogP contribution in [0.3, 0.4) is 0 Å². The van der Waals surface area contributed by atoms with Crippen LogP contribution < -0.4 is 0 Å². The van der Waals surface area contributed by atoms with Crippen molar-refractivity contribution in [3.8, 4) is 16.9 Å². The van der Waals surface area contributed by atoms with Crippen LogP contribution in [0.4, 0.5) is 0 Å². The summed E-state index contributed by atoms with van der Waals surface area (Å²) in [5, 5.41) is 5.64. The van der Waals surface area contributed by atoms with Crippen LogP contribution in [0, 0.1) is 11.8 Å². The standard InChI is InChI=1S/C31H35N5O3S2/c1-22-13-16-34(17-14-22)31-32-30(37)28(40-31)19-25-21-36(26-10-4-3-5-11-26)33-29(25)24-9-6-12-27(18-24)41(38,39)35-15-7-8-23(2)20-35/h3-6,9-12,18-19,21-23H,7-8,13-17,20H2,1-2H3. The molecular formula is C31H35N5O3S2. The van der Waals surface area contributed by atoms with E-state index in [1.165, 1.54) is 11.8 Å². The number of likely N-dealkylation sites (tertiary alicyclic amines) is 1. The smallest absolute Gasteiger partial charge is 0.286 e. The fourth-order valence-corrected chi connectivity index (χ4v) is 8.22. The molecule has 3 aliphatic heterocycles. The highest BCUT2D eigenvalue weighted by atomic mass is 32.2. The molecule has 1 unspecified atom stereocenters. The molecule has 1 amide bonds. The summed E-state index contributed by atoms with van der Waals surface area (Å²) in [5.74, 6) is 0.772. The number of aromatic nitrogens is 2. The van der Waals surface area contributed by atoms with E-state index in [-0.39, 0.29) is 10.8 Å². The van der Waals surface area contributed by atoms with Gasteiger partial charge in [0.2, 0.25) is 10.0 Å². The van der Waals surface area contributed by atoms with Gasteiger partial charge < -0.3 is 4.90 Å². The Bertz CT molecular complexity index is 1610. The minimum atomic E-state index is -3.64. The van der Waals surface area contributed by atoms with Crippen molar-refractivity contribution in [2.24, 2.45) is 16.8 Å². The average molecular weight is 590 g/mol. The first-order valence-electron chi connectivity index (χ1n) is 14.3. The van der Waals surface area contributed by atoms with Gasteiger partial charge in [-0.15, -0.1) is 0 Å². The number of piperidine rings is 2. The van der Waals surface area contributed by atoms with E-state index in [0.717, 1.165) is 55.2 Å². The van der Waals surface area contributed by atoms with Crippen LogP contribution in [-0.4, -0.2) is 64.7 Å². The topological polar surface area (TPSA) is 87.9 Å². The first kappa shape index (κ1) is 27.9. The molecule has 214 valence electrons. The van der Waals surface area contributed by atoms with Crippen LogP contribution in [0.15, 0.2) is 75.6 Å². The lowest BCUT2D eigenvalue weighted by atomic mass is 10.00. The lowest BCUT2D eigenvalue weighted by molar-refractivity contribution is -0.113. The summed E-state index contributed by atoms with van der Waals surface area (Å²) in [7, 11) is -3.64. The van der Waals surface area contributed by atoms with E-state index in [0.29, 0.717) is 41.1 Å². The van der Waals surface area contributed by atoms with Crippen LogP contribution in [0.1, 0.15) is 45.1 Å². The van der Waals surface area contributed by atoms with Crippen LogP contribution in [0.2, 0.25) is 0 Å². The predicted octanol–water partition coefficient (Wildman–Crippen LogP) is 5.66. The van der Waals surface area contributed by atoms with Crippen molar-refractivity contribution in [1.82, 2.24) is 19.0 Å². The number of thioether (sulfide) groups is 1. The molecule has 6 rings (SSSR count). The summed E-state index contributed by atoms with van der Waals surface area (Å²) >= 11 is 1.40. The fraction of sp³-hybridized carbons (Fsp3) is 0.387. The van der Waals surface area contributed by atoms with E-state index in [1.54, 1.807) is 27.2 Å². The van der Waals surface area contributed by atoms with Crippen LogP contribution in [0.25, 0.3) is 23.0 Å². The van der Waals surface area contributed by atoms with Crippen molar-refractivity contribution in [2.45, 2.75) is 44.4 Å². The number of sulfonamides is 1. The van der Waals surface area contributed by atoms with Gasteiger partial charge in [-0.05, 0) is 79.6 Å². The van der Waals surface area contributed by atoms with E-state index in [9.17, 15) is 13.2 Å². The second-order valence-electron chi connectivity index (χ2n) is 11.3. The number of rotatable bonds is 5. The van der Waals surface area contributed by atoms with E-state index in [1.807, 2.05) is 48.7 Å². The Morgan fingerprint density at radius 1 is 0.951 bits per heavy atom. The van der Waals surface area contributed by atoms with Gasteiger partial charge in [-0.25, -0.2) is 13.1 Å². The zero-order valence-corrected chi connectivity index (χ0v) is 25.1. The van der Waals surface area contributed by atoms with Gasteiger partial charge in [0.15, 0.2) is 5.17 Å². The number of amides is 1. The van der Waals surface area contributed by atoms with Crippen molar-refractivity contribution < 1.29 is 13.2 Å². The molecule has 2 fully saturated rings. The Morgan fingerprint density at radius 2 is 1.73 bits per heavy atom. The Labute approximate surface area is 246 Å². The SMILES string of the molecule is CC1CCN(C2=NC(=O)C(=Cc3cn(-c4ccccc4)nc3-c3cccc(S(=O)(=O)N4CCCC(C)C4)c3)S2)CC1. The second kappa shape index (κ2) is 11.6. The third-order valence-corrected chi connectivity index (χ3v) is 11.0. The maximum absolute atomic E-state index is 13.6. The number of carbonyl (C=O) groups excluding carboxylic acids is 1. The van der Waals surface area contributed by atoms with Crippen molar-refractivity contribution in [2.75, 3.05) is 26.2 Å². The number of carbonyl (C=O) groups is 1. The highest BCUT2D eigenvalue weighted by Crippen LogP contribution is 2.35. The van der Waals surface area contributed by atoms with Crippen molar-refractivity contribution in [1.29, 1.82) is 0 Å². The summed E-state index contributed by atoms with van der Waals surface area (Å²) in [5.41, 5.74) is 2.89. The number of nitrogens with zero attached hydrogens (tertiary/aromatic N) is 5. The van der Waals surface area contributed by atoms with Gasteiger partial charge >= 0.3 is 0 Å². The zero-order valence-electron chi connectivity index (χ0n) is 23.4. The number of amidine groups is 1. The minimum absolute atomic E-state index is 0.252. The van der Waals surface area contributed by atoms with Crippen molar-refractivity contribution in [3.63, 3.8) is 0 Å². The van der Waals surface area contributed by atoms with Crippen LogP contribution >= 0.6 is 11.8 Å². The van der Waals surface area contributed by atoms with Crippen molar-refractivity contribution >= 4 is 38.9 Å². The highest BCUT2D eigenvalue weighted by Gasteiger charge is 2.30. The molecular weight excluding hydrogens is 555 g/mol. The number of hydrogen-bond donors (Lipinski definition) is 0. The summed E-state index contributed by atoms with van der Waals surface area (Å²) in [6, 6.07) is 16.7. The molecule has 2 saturated heterocycles. The molecule has 4 heterocycles. The zero-order chi connectivity index (χ0) is 28.6. The van der Waals surface area contributed by atoms with Gasteiger partial charge in [0.25, 0.3) is 5.91 Å². The van der Waals surface area contributed by atoms with E-state index >= 15 is 0 Å². The first-order valence-corrected chi connectivity index (χ1v) is 16.6. The minimum Gasteiger partial charge on any atom is -0.351 e. The van der Waals surface area contributed by atoms with Gasteiger partial charge in [0, 0.05) is 43.5 Å². The fourth-order valence-electron chi connectivity index (χ4n) is 5.62. The second-order valence-corrected chi connectivity index (χ2v) is 14.3. The highest BCUT2D eigenvalue weighted by molar-refractivity contribution is 8.18. The molecule has 2 aromatic carbocycles. The molecule has 3 aliphatic rings. The molecule has 1 aromatic heterocycles. The first-order chi connectivity index (χ1) is 19.8. The monoisotopic (exact) mass is 589 g/mol. The normalized spacial score (nSPS) is 22.0. The Balaban J connectivity index is 1.36. The number of hydrogen-bond acceptors (Lipinski definition) is 6. The quantitative estimate of drug-likeness (QED) is 0.357. The molecule has 0 aliphatic carbocycles. The van der Waals surface area contributed by atoms with Crippen LogP contribution in [0.5, 0.6) is 0 Å². The van der Waals surface area contributed by atoms with E-state index in [4.69, 9.17) is 5.10 Å². The third-order valence-electron chi connectivity index (χ3n) is 8.08. The number of para-hydroxylation sites is 1. The maximum atomic E-state index is 13.6. The molecule has 8 nitrogen and oxygen atoms in total. The van der Waals surface area contributed by atoms with E-state index in [2.05, 4.69) is 23.7 Å². The lowest BCUT2D eigenvalue weighted by Crippen LogP contribution is -2.39. The van der Waals surface area contributed by atoms with Gasteiger partial charge in [-0.2, -0.15) is 14.4 Å². The number of benzene rings is 2. The predicted molar refractivity (Wildman–Crippen MR) is 164 cm³/mol. The van der Waals surface area contributed by atoms with Gasteiger partial charge in [0.1, 0.15) is 5.69 Å². The molecule has 41 heavy (non-hydrogen) atoms. The summed E-state index contributed by atoms with van der Waals surface area (Å²) in [6.45, 7) is 7.23.